The average Bonchev–Trinajstić information content (AvgIpc) is 2.45. The number of primary amides is 1. The minimum Gasteiger partial charge on any atom is -0.366 e. The summed E-state index contributed by atoms with van der Waals surface area (Å²) in [5.74, 6) is 0.345. The number of rotatable bonds is 6. The number of amides is 1. The van der Waals surface area contributed by atoms with Crippen LogP contribution in [0.4, 0.5) is 0 Å². The van der Waals surface area contributed by atoms with Gasteiger partial charge in [0, 0.05) is 11.6 Å². The molecular formula is C17H26N2O. The predicted molar refractivity (Wildman–Crippen MR) is 82.7 cm³/mol. The second-order valence-electron chi connectivity index (χ2n) is 5.76. The lowest BCUT2D eigenvalue weighted by Gasteiger charge is -2.34. The number of benzene rings is 1. The van der Waals surface area contributed by atoms with E-state index in [-0.39, 0.29) is 5.91 Å². The molecule has 1 heterocycles. The summed E-state index contributed by atoms with van der Waals surface area (Å²) in [7, 11) is 0. The summed E-state index contributed by atoms with van der Waals surface area (Å²) in [4.78, 5) is 11.6. The lowest BCUT2D eigenvalue weighted by molar-refractivity contribution is 0.0999. The summed E-state index contributed by atoms with van der Waals surface area (Å²) >= 11 is 0. The van der Waals surface area contributed by atoms with Gasteiger partial charge in [-0.3, -0.25) is 4.79 Å². The highest BCUT2D eigenvalue weighted by Gasteiger charge is 2.28. The van der Waals surface area contributed by atoms with Crippen LogP contribution in [0.25, 0.3) is 0 Å². The molecule has 0 fully saturated rings. The third-order valence-corrected chi connectivity index (χ3v) is 4.34. The van der Waals surface area contributed by atoms with Crippen LogP contribution in [-0.4, -0.2) is 12.5 Å². The van der Waals surface area contributed by atoms with Crippen LogP contribution in [0.5, 0.6) is 0 Å². The molecule has 3 nitrogen and oxygen atoms in total. The van der Waals surface area contributed by atoms with Gasteiger partial charge in [-0.15, -0.1) is 0 Å². The molecule has 1 aliphatic rings. The lowest BCUT2D eigenvalue weighted by Crippen LogP contribution is -2.36. The second kappa shape index (κ2) is 6.89. The summed E-state index contributed by atoms with van der Waals surface area (Å²) in [5.41, 5.74) is 8.69. The topological polar surface area (TPSA) is 55.1 Å². The Morgan fingerprint density at radius 1 is 1.35 bits per heavy atom. The Labute approximate surface area is 121 Å². The molecule has 2 rings (SSSR count). The fourth-order valence-corrected chi connectivity index (χ4v) is 3.51. The van der Waals surface area contributed by atoms with Crippen LogP contribution in [0, 0.1) is 5.92 Å². The number of hydrogen-bond donors (Lipinski definition) is 2. The standard InChI is InChI=1S/C17H26N2O/c1-3-6-12(7-4-2)16-14-8-5-9-15(17(18)20)13(14)10-11-19-16/h5,8-9,12,16,19H,3-4,6-7,10-11H2,1-2H3,(H2,18,20). The zero-order valence-corrected chi connectivity index (χ0v) is 12.6. The fraction of sp³-hybridized carbons (Fsp3) is 0.588. The summed E-state index contributed by atoms with van der Waals surface area (Å²) in [6, 6.07) is 6.36. The van der Waals surface area contributed by atoms with E-state index in [2.05, 4.69) is 25.2 Å². The van der Waals surface area contributed by atoms with Crippen LogP contribution in [0.15, 0.2) is 18.2 Å². The van der Waals surface area contributed by atoms with Gasteiger partial charge < -0.3 is 11.1 Å². The maximum Gasteiger partial charge on any atom is 0.248 e. The van der Waals surface area contributed by atoms with Crippen molar-refractivity contribution in [2.24, 2.45) is 11.7 Å². The number of carbonyl (C=O) groups excluding carboxylic acids is 1. The number of carbonyl (C=O) groups is 1. The summed E-state index contributed by atoms with van der Waals surface area (Å²) in [6.07, 6.45) is 5.76. The predicted octanol–water partition coefficient (Wildman–Crippen LogP) is 3.19. The van der Waals surface area contributed by atoms with Crippen molar-refractivity contribution in [1.29, 1.82) is 0 Å². The molecule has 1 aromatic rings. The molecule has 3 heteroatoms. The van der Waals surface area contributed by atoms with Crippen LogP contribution in [-0.2, 0) is 6.42 Å². The summed E-state index contributed by atoms with van der Waals surface area (Å²) in [6.45, 7) is 5.42. The molecule has 1 aromatic carbocycles. The average molecular weight is 274 g/mol. The Morgan fingerprint density at radius 2 is 2.05 bits per heavy atom. The van der Waals surface area contributed by atoms with E-state index >= 15 is 0 Å². The Morgan fingerprint density at radius 3 is 2.65 bits per heavy atom. The van der Waals surface area contributed by atoms with Crippen molar-refractivity contribution in [3.63, 3.8) is 0 Å². The molecule has 0 bridgehead atoms. The summed E-state index contributed by atoms with van der Waals surface area (Å²) in [5, 5.41) is 3.66. The molecule has 0 spiro atoms. The SMILES string of the molecule is CCCC(CCC)C1NCCc2c(C(N)=O)cccc21. The molecule has 1 unspecified atom stereocenters. The number of fused-ring (bicyclic) bond motifs is 1. The normalized spacial score (nSPS) is 18.1. The molecule has 0 radical (unpaired) electrons. The van der Waals surface area contributed by atoms with Gasteiger partial charge in [0.15, 0.2) is 0 Å². The highest BCUT2D eigenvalue weighted by atomic mass is 16.1. The first kappa shape index (κ1) is 15.0. The van der Waals surface area contributed by atoms with Crippen molar-refractivity contribution in [2.45, 2.75) is 52.0 Å². The smallest absolute Gasteiger partial charge is 0.248 e. The highest BCUT2D eigenvalue weighted by Crippen LogP contribution is 2.35. The van der Waals surface area contributed by atoms with Crippen LogP contribution in [0.2, 0.25) is 0 Å². The van der Waals surface area contributed by atoms with E-state index in [0.717, 1.165) is 13.0 Å². The molecule has 1 atom stereocenters. The summed E-state index contributed by atoms with van der Waals surface area (Å²) < 4.78 is 0. The Hall–Kier alpha value is -1.35. The van der Waals surface area contributed by atoms with Crippen molar-refractivity contribution in [3.8, 4) is 0 Å². The Balaban J connectivity index is 2.36. The molecule has 3 N–H and O–H groups in total. The van der Waals surface area contributed by atoms with Gasteiger partial charge >= 0.3 is 0 Å². The number of nitrogens with one attached hydrogen (secondary N) is 1. The molecule has 110 valence electrons. The largest absolute Gasteiger partial charge is 0.366 e. The molecule has 0 aliphatic carbocycles. The number of hydrogen-bond acceptors (Lipinski definition) is 2. The highest BCUT2D eigenvalue weighted by molar-refractivity contribution is 5.94. The fourth-order valence-electron chi connectivity index (χ4n) is 3.51. The van der Waals surface area contributed by atoms with E-state index in [1.54, 1.807) is 0 Å². The molecule has 0 saturated carbocycles. The van der Waals surface area contributed by atoms with Crippen molar-refractivity contribution in [1.82, 2.24) is 5.32 Å². The van der Waals surface area contributed by atoms with E-state index in [0.29, 0.717) is 17.5 Å². The first-order chi connectivity index (χ1) is 9.69. The second-order valence-corrected chi connectivity index (χ2v) is 5.76. The van der Waals surface area contributed by atoms with Crippen molar-refractivity contribution in [2.75, 3.05) is 6.54 Å². The van der Waals surface area contributed by atoms with Crippen molar-refractivity contribution < 1.29 is 4.79 Å². The third kappa shape index (κ3) is 3.04. The van der Waals surface area contributed by atoms with E-state index in [1.807, 2.05) is 12.1 Å². The van der Waals surface area contributed by atoms with E-state index < -0.39 is 0 Å². The molecule has 0 aromatic heterocycles. The number of nitrogens with two attached hydrogens (primary N) is 1. The Bertz CT molecular complexity index is 464. The van der Waals surface area contributed by atoms with Gasteiger partial charge in [0.2, 0.25) is 5.91 Å². The lowest BCUT2D eigenvalue weighted by atomic mass is 9.80. The zero-order chi connectivity index (χ0) is 14.5. The zero-order valence-electron chi connectivity index (χ0n) is 12.6. The van der Waals surface area contributed by atoms with Crippen LogP contribution < -0.4 is 11.1 Å². The van der Waals surface area contributed by atoms with Crippen molar-refractivity contribution in [3.05, 3.63) is 34.9 Å². The Kier molecular flexibility index (Phi) is 5.18. The first-order valence-electron chi connectivity index (χ1n) is 7.84. The van der Waals surface area contributed by atoms with Gasteiger partial charge in [-0.05, 0) is 48.9 Å². The maximum absolute atomic E-state index is 11.6. The van der Waals surface area contributed by atoms with Gasteiger partial charge in [0.1, 0.15) is 0 Å². The molecule has 0 saturated heterocycles. The van der Waals surface area contributed by atoms with Crippen LogP contribution in [0.3, 0.4) is 0 Å². The molecule has 1 aliphatic heterocycles. The third-order valence-electron chi connectivity index (χ3n) is 4.34. The van der Waals surface area contributed by atoms with Crippen molar-refractivity contribution >= 4 is 5.91 Å². The van der Waals surface area contributed by atoms with E-state index in [4.69, 9.17) is 5.73 Å². The molecular weight excluding hydrogens is 248 g/mol. The van der Waals surface area contributed by atoms with Gasteiger partial charge in [-0.25, -0.2) is 0 Å². The van der Waals surface area contributed by atoms with Crippen LogP contribution >= 0.6 is 0 Å². The van der Waals surface area contributed by atoms with Gasteiger partial charge in [0.05, 0.1) is 0 Å². The molecule has 1 amide bonds. The quantitative estimate of drug-likeness (QED) is 0.837. The van der Waals surface area contributed by atoms with Gasteiger partial charge in [0.25, 0.3) is 0 Å². The van der Waals surface area contributed by atoms with E-state index in [9.17, 15) is 4.79 Å². The van der Waals surface area contributed by atoms with E-state index in [1.165, 1.54) is 36.8 Å². The monoisotopic (exact) mass is 274 g/mol. The maximum atomic E-state index is 11.6. The van der Waals surface area contributed by atoms with Crippen LogP contribution in [0.1, 0.15) is 67.1 Å². The minimum atomic E-state index is -0.301. The minimum absolute atomic E-state index is 0.301. The van der Waals surface area contributed by atoms with Gasteiger partial charge in [-0.2, -0.15) is 0 Å². The van der Waals surface area contributed by atoms with Gasteiger partial charge in [-0.1, -0.05) is 38.8 Å². The first-order valence-corrected chi connectivity index (χ1v) is 7.84. The molecule has 20 heavy (non-hydrogen) atoms.